The van der Waals surface area contributed by atoms with Crippen LogP contribution in [-0.2, 0) is 6.54 Å². The molecule has 1 atom stereocenters. The molecule has 0 aliphatic carbocycles. The first-order valence-corrected chi connectivity index (χ1v) is 9.57. The minimum atomic E-state index is -0.398. The lowest BCUT2D eigenvalue weighted by Crippen LogP contribution is -2.21. The molecule has 7 nitrogen and oxygen atoms in total. The molecule has 3 aromatic rings. The molecule has 1 aliphatic heterocycles. The van der Waals surface area contributed by atoms with E-state index in [4.69, 9.17) is 5.73 Å². The average molecular weight is 389 g/mol. The van der Waals surface area contributed by atoms with E-state index in [-0.39, 0.29) is 17.6 Å². The highest BCUT2D eigenvalue weighted by atomic mass is 16.3. The molecule has 1 amide bonds. The molecule has 1 aromatic heterocycles. The molecule has 1 saturated heterocycles. The van der Waals surface area contributed by atoms with Crippen molar-refractivity contribution >= 4 is 17.4 Å². The van der Waals surface area contributed by atoms with Crippen LogP contribution in [0.15, 0.2) is 60.8 Å². The Labute approximate surface area is 169 Å². The summed E-state index contributed by atoms with van der Waals surface area (Å²) in [6.07, 6.45) is 2.14. The minimum absolute atomic E-state index is 0.0874. The zero-order valence-corrected chi connectivity index (χ0v) is 16.0. The van der Waals surface area contributed by atoms with E-state index >= 15 is 0 Å². The highest BCUT2D eigenvalue weighted by Gasteiger charge is 2.20. The molecular weight excluding hydrogens is 366 g/mol. The number of aromatic nitrogens is 2. The van der Waals surface area contributed by atoms with Gasteiger partial charge in [0.25, 0.3) is 5.91 Å². The maximum Gasteiger partial charge on any atom is 0.278 e. The Kier molecular flexibility index (Phi) is 5.50. The van der Waals surface area contributed by atoms with Crippen LogP contribution >= 0.6 is 0 Å². The van der Waals surface area contributed by atoms with Gasteiger partial charge in [0, 0.05) is 30.9 Å². The summed E-state index contributed by atoms with van der Waals surface area (Å²) in [7, 11) is 0. The number of β-amino-alcohol motifs (C(OH)–C–C–N with tert-alkyl or cyclic N) is 1. The number of rotatable bonds is 5. The second kappa shape index (κ2) is 8.38. The molecule has 1 aliphatic rings. The van der Waals surface area contributed by atoms with Crippen molar-refractivity contribution in [3.05, 3.63) is 72.1 Å². The summed E-state index contributed by atoms with van der Waals surface area (Å²) in [5, 5.41) is 12.5. The van der Waals surface area contributed by atoms with Crippen molar-refractivity contribution in [3.63, 3.8) is 0 Å². The highest BCUT2D eigenvalue weighted by molar-refractivity contribution is 6.05. The number of carbonyl (C=O) groups is 1. The third kappa shape index (κ3) is 4.59. The van der Waals surface area contributed by atoms with Gasteiger partial charge in [-0.3, -0.25) is 9.69 Å². The molecule has 7 heteroatoms. The van der Waals surface area contributed by atoms with E-state index in [9.17, 15) is 9.90 Å². The summed E-state index contributed by atoms with van der Waals surface area (Å²) in [5.74, 6) is -0.311. The summed E-state index contributed by atoms with van der Waals surface area (Å²) < 4.78 is 0. The van der Waals surface area contributed by atoms with Crippen molar-refractivity contribution in [3.8, 4) is 11.3 Å². The van der Waals surface area contributed by atoms with E-state index in [0.717, 1.165) is 30.6 Å². The number of anilines is 2. The molecule has 148 valence electrons. The van der Waals surface area contributed by atoms with Gasteiger partial charge in [-0.25, -0.2) is 9.97 Å². The van der Waals surface area contributed by atoms with Gasteiger partial charge in [0.05, 0.1) is 18.0 Å². The Morgan fingerprint density at radius 2 is 2.03 bits per heavy atom. The molecule has 1 fully saturated rings. The van der Waals surface area contributed by atoms with Crippen LogP contribution in [0, 0.1) is 0 Å². The van der Waals surface area contributed by atoms with Crippen LogP contribution in [0.4, 0.5) is 11.5 Å². The van der Waals surface area contributed by atoms with Crippen molar-refractivity contribution in [2.75, 3.05) is 24.1 Å². The molecule has 4 rings (SSSR count). The summed E-state index contributed by atoms with van der Waals surface area (Å²) in [6.45, 7) is 2.33. The lowest BCUT2D eigenvalue weighted by molar-refractivity contribution is 0.102. The average Bonchev–Trinajstić information content (AvgIpc) is 3.14. The standard InChI is InChI=1S/C22H23N5O2/c23-21-20(22(29)25-17-7-2-1-3-8-17)26-19(12-24-21)16-6-4-5-15(11-16)13-27-10-9-18(28)14-27/h1-8,11-12,18,28H,9-10,13-14H2,(H2,23,24)(H,25,29). The van der Waals surface area contributed by atoms with Gasteiger partial charge in [-0.2, -0.15) is 0 Å². The predicted molar refractivity (Wildman–Crippen MR) is 112 cm³/mol. The van der Waals surface area contributed by atoms with Gasteiger partial charge >= 0.3 is 0 Å². The Morgan fingerprint density at radius 1 is 1.21 bits per heavy atom. The Hall–Kier alpha value is -3.29. The first-order chi connectivity index (χ1) is 14.1. The first kappa shape index (κ1) is 19.0. The third-order valence-corrected chi connectivity index (χ3v) is 4.92. The van der Waals surface area contributed by atoms with E-state index in [2.05, 4.69) is 20.2 Å². The first-order valence-electron chi connectivity index (χ1n) is 9.57. The number of aliphatic hydroxyl groups excluding tert-OH is 1. The normalized spacial score (nSPS) is 16.7. The number of amides is 1. The lowest BCUT2D eigenvalue weighted by Gasteiger charge is -2.15. The Balaban J connectivity index is 1.55. The van der Waals surface area contributed by atoms with Gasteiger partial charge in [0.2, 0.25) is 0 Å². The molecule has 0 radical (unpaired) electrons. The third-order valence-electron chi connectivity index (χ3n) is 4.92. The fourth-order valence-electron chi connectivity index (χ4n) is 3.46. The number of nitrogens with one attached hydrogen (secondary N) is 1. The molecule has 0 spiro atoms. The van der Waals surface area contributed by atoms with Crippen molar-refractivity contribution in [1.82, 2.24) is 14.9 Å². The van der Waals surface area contributed by atoms with Gasteiger partial charge in [-0.1, -0.05) is 36.4 Å². The summed E-state index contributed by atoms with van der Waals surface area (Å²) >= 11 is 0. The van der Waals surface area contributed by atoms with Crippen LogP contribution in [0.3, 0.4) is 0 Å². The quantitative estimate of drug-likeness (QED) is 0.619. The minimum Gasteiger partial charge on any atom is -0.392 e. The van der Waals surface area contributed by atoms with Crippen molar-refractivity contribution < 1.29 is 9.90 Å². The van der Waals surface area contributed by atoms with Crippen LogP contribution in [0.5, 0.6) is 0 Å². The van der Waals surface area contributed by atoms with Crippen LogP contribution in [0.1, 0.15) is 22.5 Å². The number of nitrogens with zero attached hydrogens (tertiary/aromatic N) is 3. The number of hydrogen-bond donors (Lipinski definition) is 3. The number of aliphatic hydroxyl groups is 1. The monoisotopic (exact) mass is 389 g/mol. The molecule has 2 aromatic carbocycles. The van der Waals surface area contributed by atoms with Gasteiger partial charge in [0.15, 0.2) is 11.5 Å². The summed E-state index contributed by atoms with van der Waals surface area (Å²) in [4.78, 5) is 23.5. The predicted octanol–water partition coefficient (Wildman–Crippen LogP) is 2.54. The van der Waals surface area contributed by atoms with Gasteiger partial charge in [-0.15, -0.1) is 0 Å². The molecular formula is C22H23N5O2. The number of carbonyl (C=O) groups excluding carboxylic acids is 1. The van der Waals surface area contributed by atoms with Crippen LogP contribution < -0.4 is 11.1 Å². The smallest absolute Gasteiger partial charge is 0.278 e. The van der Waals surface area contributed by atoms with E-state index in [1.54, 1.807) is 18.3 Å². The molecule has 29 heavy (non-hydrogen) atoms. The number of para-hydroxylation sites is 1. The Bertz CT molecular complexity index is 1010. The van der Waals surface area contributed by atoms with Gasteiger partial charge in [0.1, 0.15) is 0 Å². The molecule has 2 heterocycles. The lowest BCUT2D eigenvalue weighted by atomic mass is 10.1. The van der Waals surface area contributed by atoms with Crippen molar-refractivity contribution in [1.29, 1.82) is 0 Å². The van der Waals surface area contributed by atoms with Gasteiger partial charge < -0.3 is 16.2 Å². The number of likely N-dealkylation sites (tertiary alicyclic amines) is 1. The Morgan fingerprint density at radius 3 is 2.79 bits per heavy atom. The van der Waals surface area contributed by atoms with Crippen LogP contribution in [0.2, 0.25) is 0 Å². The second-order valence-electron chi connectivity index (χ2n) is 7.19. The SMILES string of the molecule is Nc1ncc(-c2cccc(CN3CCC(O)C3)c2)nc1C(=O)Nc1ccccc1. The fraction of sp³-hybridized carbons (Fsp3) is 0.227. The molecule has 0 bridgehead atoms. The zero-order valence-electron chi connectivity index (χ0n) is 16.0. The second-order valence-corrected chi connectivity index (χ2v) is 7.19. The summed E-state index contributed by atoms with van der Waals surface area (Å²) in [6, 6.07) is 17.1. The van der Waals surface area contributed by atoms with Crippen molar-refractivity contribution in [2.24, 2.45) is 0 Å². The van der Waals surface area contributed by atoms with Gasteiger partial charge in [-0.05, 0) is 30.2 Å². The molecule has 1 unspecified atom stereocenters. The fourth-order valence-corrected chi connectivity index (χ4v) is 3.46. The van der Waals surface area contributed by atoms with Crippen molar-refractivity contribution in [2.45, 2.75) is 19.1 Å². The van der Waals surface area contributed by atoms with E-state index in [0.29, 0.717) is 17.9 Å². The zero-order chi connectivity index (χ0) is 20.2. The van der Waals surface area contributed by atoms with E-state index in [1.165, 1.54) is 0 Å². The number of nitrogen functional groups attached to an aromatic ring is 1. The maximum absolute atomic E-state index is 12.6. The van der Waals surface area contributed by atoms with E-state index < -0.39 is 5.91 Å². The summed E-state index contributed by atoms with van der Waals surface area (Å²) in [5.41, 5.74) is 9.24. The number of nitrogens with two attached hydrogens (primary N) is 1. The number of hydrogen-bond acceptors (Lipinski definition) is 6. The van der Waals surface area contributed by atoms with Crippen LogP contribution in [-0.4, -0.2) is 45.1 Å². The molecule has 0 saturated carbocycles. The number of benzene rings is 2. The van der Waals surface area contributed by atoms with Crippen LogP contribution in [0.25, 0.3) is 11.3 Å². The van der Waals surface area contributed by atoms with E-state index in [1.807, 2.05) is 42.5 Å². The largest absolute Gasteiger partial charge is 0.392 e. The maximum atomic E-state index is 12.6. The topological polar surface area (TPSA) is 104 Å². The highest BCUT2D eigenvalue weighted by Crippen LogP contribution is 2.22. The molecule has 4 N–H and O–H groups in total.